The van der Waals surface area contributed by atoms with E-state index >= 15 is 0 Å². The Kier molecular flexibility index (Phi) is 5.63. The number of morpholine rings is 1. The van der Waals surface area contributed by atoms with Crippen LogP contribution in [0.5, 0.6) is 0 Å². The summed E-state index contributed by atoms with van der Waals surface area (Å²) in [4.78, 5) is 37.5. The molecule has 1 aromatic rings. The second-order valence-electron chi connectivity index (χ2n) is 6.45. The van der Waals surface area contributed by atoms with E-state index in [0.29, 0.717) is 23.5 Å². The Balaban J connectivity index is 1.73. The van der Waals surface area contributed by atoms with Gasteiger partial charge in [-0.25, -0.2) is 0 Å². The van der Waals surface area contributed by atoms with Gasteiger partial charge in [0.15, 0.2) is 0 Å². The quantitative estimate of drug-likeness (QED) is 0.530. The first-order valence-electron chi connectivity index (χ1n) is 8.38. The molecule has 3 amide bonds. The Bertz CT molecular complexity index is 741. The van der Waals surface area contributed by atoms with Gasteiger partial charge >= 0.3 is 155 Å². The van der Waals surface area contributed by atoms with Gasteiger partial charge in [0.1, 0.15) is 0 Å². The van der Waals surface area contributed by atoms with Crippen molar-refractivity contribution in [2.24, 2.45) is 5.73 Å². The van der Waals surface area contributed by atoms with E-state index in [1.165, 1.54) is 17.0 Å². The maximum atomic E-state index is 14.4. The minimum absolute atomic E-state index is 0.0242. The molecule has 1 heterocycles. The molecule has 2 aliphatic rings. The van der Waals surface area contributed by atoms with Crippen molar-refractivity contribution in [2.75, 3.05) is 30.0 Å². The molecule has 1 aliphatic carbocycles. The summed E-state index contributed by atoms with van der Waals surface area (Å²) >= 11 is -1.74. The molecule has 1 aliphatic heterocycles. The summed E-state index contributed by atoms with van der Waals surface area (Å²) in [6.45, 7) is 0.693. The minimum atomic E-state index is -1.74. The summed E-state index contributed by atoms with van der Waals surface area (Å²) in [5.41, 5.74) is 7.76. The molecule has 140 valence electrons. The van der Waals surface area contributed by atoms with Crippen molar-refractivity contribution >= 4 is 43.7 Å². The van der Waals surface area contributed by atoms with Crippen molar-refractivity contribution in [1.82, 2.24) is 0 Å². The molecule has 3 N–H and O–H groups in total. The van der Waals surface area contributed by atoms with Crippen LogP contribution in [-0.4, -0.2) is 52.1 Å². The number of halogens is 1. The third-order valence-electron chi connectivity index (χ3n) is 4.56. The number of primary amides is 1. The van der Waals surface area contributed by atoms with Crippen LogP contribution in [0.1, 0.15) is 12.8 Å². The zero-order valence-electron chi connectivity index (χ0n) is 14.4. The van der Waals surface area contributed by atoms with E-state index in [1.54, 1.807) is 6.07 Å². The first kappa shape index (κ1) is 18.9. The van der Waals surface area contributed by atoms with E-state index in [1.807, 2.05) is 5.71 Å². The number of amides is 3. The standard InChI is InChI=1S/C17H21AsFN3O4/c1-18(10-2-3-10)15(16(20)24)17(25)21-13-5-4-11(8-12(13)19)22-6-7-26-9-14(22)23/h4-5,8,10,15H,2-3,6-7,9H2,1H3,(H2,20,24)(H,21,25)/t15-,18?/m0/s1. The van der Waals surface area contributed by atoms with Gasteiger partial charge in [-0.2, -0.15) is 0 Å². The Labute approximate surface area is 155 Å². The van der Waals surface area contributed by atoms with E-state index in [2.05, 4.69) is 5.32 Å². The summed E-state index contributed by atoms with van der Waals surface area (Å²) in [7, 11) is 0. The van der Waals surface area contributed by atoms with Crippen LogP contribution in [0, 0.1) is 5.82 Å². The molecule has 0 spiro atoms. The van der Waals surface area contributed by atoms with Crippen LogP contribution in [0.25, 0.3) is 0 Å². The van der Waals surface area contributed by atoms with Gasteiger partial charge in [0, 0.05) is 0 Å². The van der Waals surface area contributed by atoms with Crippen molar-refractivity contribution in [3.63, 3.8) is 0 Å². The van der Waals surface area contributed by atoms with Gasteiger partial charge in [-0.3, -0.25) is 0 Å². The molecule has 1 unspecified atom stereocenters. The number of carbonyl (C=O) groups is 3. The van der Waals surface area contributed by atoms with E-state index in [-0.39, 0.29) is 18.2 Å². The topological polar surface area (TPSA) is 102 Å². The molecule has 1 saturated heterocycles. The Morgan fingerprint density at radius 1 is 1.42 bits per heavy atom. The van der Waals surface area contributed by atoms with Crippen LogP contribution >= 0.6 is 0 Å². The molecule has 0 bridgehead atoms. The third kappa shape index (κ3) is 4.07. The van der Waals surface area contributed by atoms with Crippen molar-refractivity contribution in [1.29, 1.82) is 0 Å². The predicted molar refractivity (Wildman–Crippen MR) is 95.7 cm³/mol. The zero-order valence-corrected chi connectivity index (χ0v) is 16.3. The summed E-state index contributed by atoms with van der Waals surface area (Å²) < 4.78 is 19.1. The van der Waals surface area contributed by atoms with E-state index < -0.39 is 37.0 Å². The van der Waals surface area contributed by atoms with Crippen LogP contribution in [0.15, 0.2) is 18.2 Å². The number of nitrogens with two attached hydrogens (primary N) is 1. The van der Waals surface area contributed by atoms with Gasteiger partial charge in [0.05, 0.1) is 0 Å². The third-order valence-corrected chi connectivity index (χ3v) is 10.8. The van der Waals surface area contributed by atoms with E-state index in [0.717, 1.165) is 12.8 Å². The van der Waals surface area contributed by atoms with Gasteiger partial charge in [0.2, 0.25) is 0 Å². The van der Waals surface area contributed by atoms with Crippen molar-refractivity contribution < 1.29 is 23.5 Å². The molecule has 3 rings (SSSR count). The van der Waals surface area contributed by atoms with Gasteiger partial charge < -0.3 is 0 Å². The molecule has 0 aromatic heterocycles. The molecule has 26 heavy (non-hydrogen) atoms. The van der Waals surface area contributed by atoms with Crippen molar-refractivity contribution in [3.05, 3.63) is 24.0 Å². The fourth-order valence-electron chi connectivity index (χ4n) is 2.97. The fraction of sp³-hybridized carbons (Fsp3) is 0.471. The van der Waals surface area contributed by atoms with E-state index in [4.69, 9.17) is 10.5 Å². The average Bonchev–Trinajstić information content (AvgIpc) is 3.42. The molecule has 2 atom stereocenters. The van der Waals surface area contributed by atoms with Crippen LogP contribution < -0.4 is 16.0 Å². The number of rotatable bonds is 6. The number of carbonyl (C=O) groups excluding carboxylic acids is 3. The Morgan fingerprint density at radius 3 is 2.73 bits per heavy atom. The molecule has 0 radical (unpaired) electrons. The number of hydrogen-bond acceptors (Lipinski definition) is 4. The van der Waals surface area contributed by atoms with E-state index in [9.17, 15) is 18.8 Å². The monoisotopic (exact) mass is 425 g/mol. The Hall–Kier alpha value is -1.92. The van der Waals surface area contributed by atoms with Crippen LogP contribution in [0.2, 0.25) is 15.1 Å². The second kappa shape index (κ2) is 7.76. The Morgan fingerprint density at radius 2 is 2.15 bits per heavy atom. The molecular weight excluding hydrogens is 404 g/mol. The number of ether oxygens (including phenoxy) is 1. The summed E-state index contributed by atoms with van der Waals surface area (Å²) in [6, 6.07) is 4.15. The molecule has 9 heteroatoms. The van der Waals surface area contributed by atoms with Crippen molar-refractivity contribution in [2.45, 2.75) is 28.0 Å². The number of anilines is 2. The maximum absolute atomic E-state index is 14.4. The van der Waals surface area contributed by atoms with Gasteiger partial charge in [-0.1, -0.05) is 0 Å². The molecule has 1 saturated carbocycles. The fourth-order valence-corrected chi connectivity index (χ4v) is 7.63. The summed E-state index contributed by atoms with van der Waals surface area (Å²) in [5, 5.41) is 2.49. The SMILES string of the molecule is C[As](C1CC1)[C@@H](C(N)=O)C(=O)Nc1ccc(N2CCOCC2=O)cc1F. The first-order chi connectivity index (χ1) is 12.4. The van der Waals surface area contributed by atoms with Gasteiger partial charge in [-0.05, 0) is 0 Å². The molecular formula is C17H21AsFN3O4. The van der Waals surface area contributed by atoms with Crippen LogP contribution in [0.3, 0.4) is 0 Å². The zero-order chi connectivity index (χ0) is 18.8. The number of nitrogens with zero attached hydrogens (tertiary/aromatic N) is 1. The normalized spacial score (nSPS) is 19.8. The first-order valence-corrected chi connectivity index (χ1v) is 12.4. The molecule has 2 fully saturated rings. The second-order valence-corrected chi connectivity index (χ2v) is 11.9. The van der Waals surface area contributed by atoms with Crippen LogP contribution in [-0.2, 0) is 19.1 Å². The van der Waals surface area contributed by atoms with Crippen molar-refractivity contribution in [3.8, 4) is 0 Å². The van der Waals surface area contributed by atoms with Gasteiger partial charge in [-0.15, -0.1) is 0 Å². The predicted octanol–water partition coefficient (Wildman–Crippen LogP) is 1.27. The summed E-state index contributed by atoms with van der Waals surface area (Å²) in [5.74, 6) is -2.10. The number of benzene rings is 1. The summed E-state index contributed by atoms with van der Waals surface area (Å²) in [6.07, 6.45) is 2.06. The average molecular weight is 425 g/mol. The molecule has 7 nitrogen and oxygen atoms in total. The number of nitrogens with one attached hydrogen (secondary N) is 1. The van der Waals surface area contributed by atoms with Crippen LogP contribution in [0.4, 0.5) is 15.8 Å². The van der Waals surface area contributed by atoms with Gasteiger partial charge in [0.25, 0.3) is 0 Å². The molecule has 1 aromatic carbocycles. The number of hydrogen-bond donors (Lipinski definition) is 2.